The van der Waals surface area contributed by atoms with Crippen LogP contribution in [0, 0.1) is 10.1 Å². The van der Waals surface area contributed by atoms with Gasteiger partial charge < -0.3 is 10.3 Å². The highest BCUT2D eigenvalue weighted by Crippen LogP contribution is 2.22. The van der Waals surface area contributed by atoms with Gasteiger partial charge in [0.25, 0.3) is 11.6 Å². The first-order chi connectivity index (χ1) is 9.11. The summed E-state index contributed by atoms with van der Waals surface area (Å²) in [5.41, 5.74) is 6.54. The Labute approximate surface area is 109 Å². The summed E-state index contributed by atoms with van der Waals surface area (Å²) in [6.45, 7) is 2.02. The largest absolute Gasteiger partial charge is 0.334 e. The Morgan fingerprint density at radius 3 is 2.68 bits per heavy atom. The molecule has 0 saturated carbocycles. The van der Waals surface area contributed by atoms with Gasteiger partial charge in [0.15, 0.2) is 5.82 Å². The van der Waals surface area contributed by atoms with Crippen LogP contribution in [0.2, 0.25) is 0 Å². The van der Waals surface area contributed by atoms with Gasteiger partial charge in [0.1, 0.15) is 0 Å². The molecule has 2 rings (SSSR count). The van der Waals surface area contributed by atoms with E-state index in [4.69, 9.17) is 10.3 Å². The van der Waals surface area contributed by atoms with Crippen molar-refractivity contribution in [3.63, 3.8) is 0 Å². The summed E-state index contributed by atoms with van der Waals surface area (Å²) < 4.78 is 5.11. The Balaban J connectivity index is 2.20. The fourth-order valence-electron chi connectivity index (χ4n) is 1.67. The SMILES string of the molecule is CCCC(N)c1noc(-c2ccc([N+](=O)[O-])cc2)n1. The molecule has 0 aliphatic rings. The molecule has 0 bridgehead atoms. The van der Waals surface area contributed by atoms with E-state index in [1.807, 2.05) is 6.92 Å². The predicted molar refractivity (Wildman–Crippen MR) is 68.2 cm³/mol. The molecule has 1 heterocycles. The summed E-state index contributed by atoms with van der Waals surface area (Å²) in [6.07, 6.45) is 1.71. The molecule has 100 valence electrons. The van der Waals surface area contributed by atoms with Gasteiger partial charge >= 0.3 is 0 Å². The van der Waals surface area contributed by atoms with E-state index in [2.05, 4.69) is 10.1 Å². The molecule has 2 N–H and O–H groups in total. The van der Waals surface area contributed by atoms with Crippen LogP contribution in [0.3, 0.4) is 0 Å². The number of hydrogen-bond donors (Lipinski definition) is 1. The maximum Gasteiger partial charge on any atom is 0.269 e. The number of nitrogens with two attached hydrogens (primary N) is 1. The van der Waals surface area contributed by atoms with Crippen molar-refractivity contribution in [3.05, 3.63) is 40.2 Å². The van der Waals surface area contributed by atoms with Crippen LogP contribution in [0.15, 0.2) is 28.8 Å². The normalized spacial score (nSPS) is 12.3. The van der Waals surface area contributed by atoms with E-state index in [0.29, 0.717) is 17.3 Å². The summed E-state index contributed by atoms with van der Waals surface area (Å²) in [4.78, 5) is 14.3. The van der Waals surface area contributed by atoms with Crippen molar-refractivity contribution in [2.24, 2.45) is 5.73 Å². The molecule has 1 atom stereocenters. The maximum atomic E-state index is 10.6. The minimum absolute atomic E-state index is 0.0196. The van der Waals surface area contributed by atoms with E-state index in [9.17, 15) is 10.1 Å². The number of aromatic nitrogens is 2. The number of non-ortho nitro benzene ring substituents is 1. The van der Waals surface area contributed by atoms with Crippen LogP contribution >= 0.6 is 0 Å². The van der Waals surface area contributed by atoms with E-state index in [1.165, 1.54) is 12.1 Å². The first-order valence-corrected chi connectivity index (χ1v) is 5.96. The third kappa shape index (κ3) is 2.94. The number of benzene rings is 1. The average molecular weight is 262 g/mol. The Morgan fingerprint density at radius 2 is 2.11 bits per heavy atom. The zero-order valence-corrected chi connectivity index (χ0v) is 10.4. The molecular weight excluding hydrogens is 248 g/mol. The Morgan fingerprint density at radius 1 is 1.42 bits per heavy atom. The quantitative estimate of drug-likeness (QED) is 0.654. The highest BCUT2D eigenvalue weighted by molar-refractivity contribution is 5.55. The van der Waals surface area contributed by atoms with Gasteiger partial charge in [-0.25, -0.2) is 0 Å². The Bertz CT molecular complexity index is 565. The molecule has 0 saturated heterocycles. The minimum Gasteiger partial charge on any atom is -0.334 e. The fraction of sp³-hybridized carbons (Fsp3) is 0.333. The summed E-state index contributed by atoms with van der Waals surface area (Å²) in [7, 11) is 0. The molecule has 2 aromatic rings. The molecule has 0 amide bonds. The van der Waals surface area contributed by atoms with Crippen molar-refractivity contribution in [2.75, 3.05) is 0 Å². The van der Waals surface area contributed by atoms with Crippen molar-refractivity contribution in [2.45, 2.75) is 25.8 Å². The second-order valence-corrected chi connectivity index (χ2v) is 4.16. The van der Waals surface area contributed by atoms with Gasteiger partial charge in [-0.15, -0.1) is 0 Å². The van der Waals surface area contributed by atoms with Crippen LogP contribution in [0.5, 0.6) is 0 Å². The number of nitro groups is 1. The van der Waals surface area contributed by atoms with E-state index in [0.717, 1.165) is 12.8 Å². The third-order valence-corrected chi connectivity index (χ3v) is 2.70. The minimum atomic E-state index is -0.458. The van der Waals surface area contributed by atoms with Crippen LogP contribution in [-0.4, -0.2) is 15.1 Å². The fourth-order valence-corrected chi connectivity index (χ4v) is 1.67. The smallest absolute Gasteiger partial charge is 0.269 e. The standard InChI is InChI=1S/C12H14N4O3/c1-2-3-10(13)11-14-12(19-15-11)8-4-6-9(7-5-8)16(17)18/h4-7,10H,2-3,13H2,1H3. The van der Waals surface area contributed by atoms with Gasteiger partial charge in [0.2, 0.25) is 0 Å². The van der Waals surface area contributed by atoms with Crippen molar-refractivity contribution >= 4 is 5.69 Å². The molecule has 7 nitrogen and oxygen atoms in total. The van der Waals surface area contributed by atoms with E-state index < -0.39 is 4.92 Å². The summed E-state index contributed by atoms with van der Waals surface area (Å²) in [5, 5.41) is 14.4. The molecular formula is C12H14N4O3. The average Bonchev–Trinajstić information content (AvgIpc) is 2.89. The van der Waals surface area contributed by atoms with Gasteiger partial charge in [-0.05, 0) is 18.6 Å². The number of rotatable bonds is 5. The molecule has 1 unspecified atom stereocenters. The third-order valence-electron chi connectivity index (χ3n) is 2.70. The van der Waals surface area contributed by atoms with E-state index in [1.54, 1.807) is 12.1 Å². The first kappa shape index (κ1) is 13.2. The second kappa shape index (κ2) is 5.57. The molecule has 7 heteroatoms. The topological polar surface area (TPSA) is 108 Å². The predicted octanol–water partition coefficient (Wildman–Crippen LogP) is 2.44. The van der Waals surface area contributed by atoms with Crippen LogP contribution in [0.25, 0.3) is 11.5 Å². The van der Waals surface area contributed by atoms with E-state index in [-0.39, 0.29) is 11.7 Å². The van der Waals surface area contributed by atoms with Gasteiger partial charge in [0, 0.05) is 17.7 Å². The molecule has 0 aliphatic carbocycles. The molecule has 19 heavy (non-hydrogen) atoms. The lowest BCUT2D eigenvalue weighted by Gasteiger charge is -2.02. The van der Waals surface area contributed by atoms with E-state index >= 15 is 0 Å². The molecule has 1 aromatic heterocycles. The summed E-state index contributed by atoms with van der Waals surface area (Å²) >= 11 is 0. The summed E-state index contributed by atoms with van der Waals surface area (Å²) in [6, 6.07) is 5.68. The van der Waals surface area contributed by atoms with Crippen molar-refractivity contribution in [1.82, 2.24) is 10.1 Å². The highest BCUT2D eigenvalue weighted by Gasteiger charge is 2.15. The number of nitrogens with zero attached hydrogens (tertiary/aromatic N) is 3. The number of nitro benzene ring substituents is 1. The zero-order chi connectivity index (χ0) is 13.8. The van der Waals surface area contributed by atoms with Crippen molar-refractivity contribution in [1.29, 1.82) is 0 Å². The lowest BCUT2D eigenvalue weighted by molar-refractivity contribution is -0.384. The molecule has 1 aromatic carbocycles. The van der Waals surface area contributed by atoms with Crippen molar-refractivity contribution < 1.29 is 9.45 Å². The van der Waals surface area contributed by atoms with Gasteiger partial charge in [-0.2, -0.15) is 4.98 Å². The van der Waals surface area contributed by atoms with Crippen LogP contribution in [0.4, 0.5) is 5.69 Å². The molecule has 0 radical (unpaired) electrons. The van der Waals surface area contributed by atoms with Crippen LogP contribution < -0.4 is 5.73 Å². The lowest BCUT2D eigenvalue weighted by atomic mass is 10.1. The zero-order valence-electron chi connectivity index (χ0n) is 10.4. The highest BCUT2D eigenvalue weighted by atomic mass is 16.6. The Hall–Kier alpha value is -2.28. The van der Waals surface area contributed by atoms with Gasteiger partial charge in [-0.3, -0.25) is 10.1 Å². The van der Waals surface area contributed by atoms with Crippen LogP contribution in [-0.2, 0) is 0 Å². The molecule has 0 fully saturated rings. The summed E-state index contributed by atoms with van der Waals surface area (Å²) in [5.74, 6) is 0.770. The molecule has 0 spiro atoms. The molecule has 0 aliphatic heterocycles. The first-order valence-electron chi connectivity index (χ1n) is 5.96. The monoisotopic (exact) mass is 262 g/mol. The Kier molecular flexibility index (Phi) is 3.86. The van der Waals surface area contributed by atoms with Crippen molar-refractivity contribution in [3.8, 4) is 11.5 Å². The van der Waals surface area contributed by atoms with Gasteiger partial charge in [0.05, 0.1) is 11.0 Å². The number of hydrogen-bond acceptors (Lipinski definition) is 6. The second-order valence-electron chi connectivity index (χ2n) is 4.16. The van der Waals surface area contributed by atoms with Crippen LogP contribution in [0.1, 0.15) is 31.6 Å². The van der Waals surface area contributed by atoms with Gasteiger partial charge in [-0.1, -0.05) is 18.5 Å². The lowest BCUT2D eigenvalue weighted by Crippen LogP contribution is -2.11. The maximum absolute atomic E-state index is 10.6.